The van der Waals surface area contributed by atoms with Crippen molar-refractivity contribution >= 4 is 34.7 Å². The fourth-order valence-electron chi connectivity index (χ4n) is 1.81. The molecule has 1 amide bonds. The zero-order valence-corrected chi connectivity index (χ0v) is 11.8. The van der Waals surface area contributed by atoms with E-state index < -0.39 is 0 Å². The molecule has 2 N–H and O–H groups in total. The molecule has 0 spiro atoms. The van der Waals surface area contributed by atoms with Gasteiger partial charge in [-0.25, -0.2) is 4.98 Å². The average Bonchev–Trinajstić information content (AvgIpc) is 2.43. The molecule has 0 saturated carbocycles. The highest BCUT2D eigenvalue weighted by molar-refractivity contribution is 6.31. The van der Waals surface area contributed by atoms with Gasteiger partial charge in [-0.15, -0.1) is 0 Å². The largest absolute Gasteiger partial charge is 0.291 e. The van der Waals surface area contributed by atoms with Crippen molar-refractivity contribution in [2.24, 2.45) is 0 Å². The molecule has 0 aliphatic heterocycles. The lowest BCUT2D eigenvalue weighted by atomic mass is 10.2. The number of amides is 1. The lowest BCUT2D eigenvalue weighted by Crippen LogP contribution is -2.23. The number of hydrogen-bond acceptors (Lipinski definition) is 4. The smallest absolute Gasteiger partial charge is 0.229 e. The van der Waals surface area contributed by atoms with E-state index in [1.165, 1.54) is 18.0 Å². The molecule has 5 nitrogen and oxygen atoms in total. The number of nitrogens with zero attached hydrogens (tertiary/aromatic N) is 2. The van der Waals surface area contributed by atoms with E-state index in [0.717, 1.165) is 5.56 Å². The van der Waals surface area contributed by atoms with Crippen LogP contribution in [0.2, 0.25) is 5.02 Å². The molecule has 0 radical (unpaired) electrons. The molecule has 0 bridgehead atoms. The Balaban J connectivity index is 2.50. The maximum absolute atomic E-state index is 11.9. The number of nitrogens with one attached hydrogen (secondary N) is 1. The van der Waals surface area contributed by atoms with Crippen LogP contribution in [0.5, 0.6) is 0 Å². The van der Waals surface area contributed by atoms with Crippen molar-refractivity contribution in [1.82, 2.24) is 4.98 Å². The van der Waals surface area contributed by atoms with E-state index in [1.807, 2.05) is 18.5 Å². The Morgan fingerprint density at radius 3 is 2.70 bits per heavy atom. The third-order valence-electron chi connectivity index (χ3n) is 2.83. The Bertz CT molecular complexity index is 646. The predicted molar refractivity (Wildman–Crippen MR) is 78.7 cm³/mol. The Morgan fingerprint density at radius 2 is 2.10 bits per heavy atom. The van der Waals surface area contributed by atoms with E-state index in [0.29, 0.717) is 22.2 Å². The fraction of sp³-hybridized carbons (Fsp3) is 0.143. The summed E-state index contributed by atoms with van der Waals surface area (Å²) in [4.78, 5) is 17.5. The highest BCUT2D eigenvalue weighted by Gasteiger charge is 2.16. The second-order valence-corrected chi connectivity index (χ2v) is 4.71. The number of anilines is 3. The van der Waals surface area contributed by atoms with Crippen LogP contribution in [0.3, 0.4) is 0 Å². The molecule has 1 aromatic carbocycles. The van der Waals surface area contributed by atoms with Crippen LogP contribution in [0.4, 0.5) is 17.2 Å². The van der Waals surface area contributed by atoms with Crippen molar-refractivity contribution < 1.29 is 10.0 Å². The molecule has 1 heterocycles. The van der Waals surface area contributed by atoms with E-state index >= 15 is 0 Å². The normalized spacial score (nSPS) is 10.2. The Labute approximate surface area is 121 Å². The van der Waals surface area contributed by atoms with Crippen molar-refractivity contribution in [3.8, 4) is 0 Å². The summed E-state index contributed by atoms with van der Waals surface area (Å²) in [5.41, 5.74) is 4.02. The SMILES string of the molecule is CC(=O)N(c1ccc(C)c(Cl)c1)c1cc(NO)ccn1. The third-order valence-corrected chi connectivity index (χ3v) is 3.24. The van der Waals surface area contributed by atoms with E-state index in [4.69, 9.17) is 16.8 Å². The van der Waals surface area contributed by atoms with Crippen LogP contribution in [0, 0.1) is 6.92 Å². The number of halogens is 1. The van der Waals surface area contributed by atoms with Crippen molar-refractivity contribution in [2.45, 2.75) is 13.8 Å². The molecule has 0 aliphatic rings. The maximum atomic E-state index is 11.9. The maximum Gasteiger partial charge on any atom is 0.229 e. The third kappa shape index (κ3) is 2.89. The molecule has 2 rings (SSSR count). The molecular weight excluding hydrogens is 278 g/mol. The molecular formula is C14H14ClN3O2. The summed E-state index contributed by atoms with van der Waals surface area (Å²) in [6, 6.07) is 8.49. The lowest BCUT2D eigenvalue weighted by Gasteiger charge is -2.21. The molecule has 1 aromatic heterocycles. The van der Waals surface area contributed by atoms with E-state index in [1.54, 1.807) is 24.3 Å². The quantitative estimate of drug-likeness (QED) is 0.849. The highest BCUT2D eigenvalue weighted by atomic mass is 35.5. The number of hydrogen-bond donors (Lipinski definition) is 2. The number of pyridine rings is 1. The molecule has 2 aromatic rings. The Hall–Kier alpha value is -2.11. The summed E-state index contributed by atoms with van der Waals surface area (Å²) in [7, 11) is 0. The van der Waals surface area contributed by atoms with Crippen molar-refractivity contribution in [3.63, 3.8) is 0 Å². The second kappa shape index (κ2) is 5.90. The standard InChI is InChI=1S/C14H14ClN3O2/c1-9-3-4-12(8-13(9)15)18(10(2)19)14-7-11(17-20)5-6-16-14/h3-8,20H,1-2H3,(H,16,17). The van der Waals surface area contributed by atoms with Crippen LogP contribution < -0.4 is 10.4 Å². The zero-order chi connectivity index (χ0) is 14.7. The van der Waals surface area contributed by atoms with Crippen LogP contribution in [0.25, 0.3) is 0 Å². The summed E-state index contributed by atoms with van der Waals surface area (Å²) in [5, 5.41) is 9.51. The first-order chi connectivity index (χ1) is 9.52. The molecule has 20 heavy (non-hydrogen) atoms. The van der Waals surface area contributed by atoms with Gasteiger partial charge in [-0.05, 0) is 30.7 Å². The summed E-state index contributed by atoms with van der Waals surface area (Å²) in [6.45, 7) is 3.33. The van der Waals surface area contributed by atoms with Crippen LogP contribution >= 0.6 is 11.6 Å². The first-order valence-corrected chi connectivity index (χ1v) is 6.33. The first-order valence-electron chi connectivity index (χ1n) is 5.96. The molecule has 0 saturated heterocycles. The van der Waals surface area contributed by atoms with Gasteiger partial charge in [0, 0.05) is 24.2 Å². The van der Waals surface area contributed by atoms with Gasteiger partial charge in [-0.3, -0.25) is 20.4 Å². The van der Waals surface area contributed by atoms with Crippen molar-refractivity contribution in [1.29, 1.82) is 0 Å². The zero-order valence-electron chi connectivity index (χ0n) is 11.1. The van der Waals surface area contributed by atoms with Gasteiger partial charge in [0.05, 0.1) is 11.4 Å². The van der Waals surface area contributed by atoms with Gasteiger partial charge in [0.15, 0.2) is 0 Å². The molecule has 0 atom stereocenters. The minimum Gasteiger partial charge on any atom is -0.291 e. The summed E-state index contributed by atoms with van der Waals surface area (Å²) in [5.74, 6) is 0.198. The number of carbonyl (C=O) groups excluding carboxylic acids is 1. The first kappa shape index (κ1) is 14.3. The number of carbonyl (C=O) groups is 1. The minimum absolute atomic E-state index is 0.201. The summed E-state index contributed by atoms with van der Waals surface area (Å²) >= 11 is 6.10. The van der Waals surface area contributed by atoms with Crippen molar-refractivity contribution in [2.75, 3.05) is 10.4 Å². The number of aromatic nitrogens is 1. The number of aryl methyl sites for hydroxylation is 1. The topological polar surface area (TPSA) is 65.5 Å². The monoisotopic (exact) mass is 291 g/mol. The Kier molecular flexibility index (Phi) is 4.22. The molecule has 0 aliphatic carbocycles. The molecule has 0 fully saturated rings. The van der Waals surface area contributed by atoms with E-state index in [2.05, 4.69) is 4.98 Å². The van der Waals surface area contributed by atoms with Crippen LogP contribution in [-0.4, -0.2) is 16.1 Å². The lowest BCUT2D eigenvalue weighted by molar-refractivity contribution is -0.115. The molecule has 104 valence electrons. The van der Waals surface area contributed by atoms with Gasteiger partial charge < -0.3 is 0 Å². The van der Waals surface area contributed by atoms with Gasteiger partial charge in [0.25, 0.3) is 0 Å². The van der Waals surface area contributed by atoms with Crippen LogP contribution in [0.15, 0.2) is 36.5 Å². The fourth-order valence-corrected chi connectivity index (χ4v) is 1.98. The highest BCUT2D eigenvalue weighted by Crippen LogP contribution is 2.29. The summed E-state index contributed by atoms with van der Waals surface area (Å²) in [6.07, 6.45) is 1.50. The minimum atomic E-state index is -0.201. The van der Waals surface area contributed by atoms with Crippen LogP contribution in [-0.2, 0) is 4.79 Å². The van der Waals surface area contributed by atoms with E-state index in [-0.39, 0.29) is 5.91 Å². The van der Waals surface area contributed by atoms with E-state index in [9.17, 15) is 4.79 Å². The Morgan fingerprint density at radius 1 is 1.35 bits per heavy atom. The molecule has 0 unspecified atom stereocenters. The van der Waals surface area contributed by atoms with Crippen LogP contribution in [0.1, 0.15) is 12.5 Å². The van der Waals surface area contributed by atoms with Gasteiger partial charge in [-0.1, -0.05) is 17.7 Å². The molecule has 6 heteroatoms. The summed E-state index contributed by atoms with van der Waals surface area (Å²) < 4.78 is 0. The predicted octanol–water partition coefficient (Wildman–Crippen LogP) is 3.53. The van der Waals surface area contributed by atoms with Gasteiger partial charge in [0.2, 0.25) is 5.91 Å². The van der Waals surface area contributed by atoms with Gasteiger partial charge >= 0.3 is 0 Å². The second-order valence-electron chi connectivity index (χ2n) is 4.30. The average molecular weight is 292 g/mol. The number of rotatable bonds is 3. The van der Waals surface area contributed by atoms with Gasteiger partial charge in [0.1, 0.15) is 5.82 Å². The number of benzene rings is 1. The van der Waals surface area contributed by atoms with Gasteiger partial charge in [-0.2, -0.15) is 0 Å². The van der Waals surface area contributed by atoms with Crippen molar-refractivity contribution in [3.05, 3.63) is 47.1 Å².